The molecule has 0 atom stereocenters. The SMILES string of the molecule is O=C(OF)C(F)(F)n1cc(Nc2ncnc3cc(OCCCCl)ccc23)cn1. The van der Waals surface area contributed by atoms with Crippen LogP contribution in [0.25, 0.3) is 10.9 Å². The summed E-state index contributed by atoms with van der Waals surface area (Å²) in [6.45, 7) is 0.458. The number of halogens is 4. The number of carbonyl (C=O) groups excluding carboxylic acids is 1. The highest BCUT2D eigenvalue weighted by Gasteiger charge is 2.45. The molecule has 2 aromatic heterocycles. The Kier molecular flexibility index (Phi) is 5.83. The Balaban J connectivity index is 1.82. The van der Waals surface area contributed by atoms with Crippen molar-refractivity contribution < 1.29 is 27.8 Å². The first-order chi connectivity index (χ1) is 13.5. The topological polar surface area (TPSA) is 91.2 Å². The molecule has 0 radical (unpaired) electrons. The van der Waals surface area contributed by atoms with E-state index in [1.165, 1.54) is 6.33 Å². The summed E-state index contributed by atoms with van der Waals surface area (Å²) in [5.74, 6) is -0.983. The van der Waals surface area contributed by atoms with Crippen molar-refractivity contribution >= 4 is 40.0 Å². The number of ether oxygens (including phenoxy) is 1. The molecule has 0 amide bonds. The molecule has 0 unspecified atom stereocenters. The molecular weight excluding hydrogens is 403 g/mol. The number of alkyl halides is 3. The number of hydrogen-bond donors (Lipinski definition) is 1. The van der Waals surface area contributed by atoms with Crippen LogP contribution in [0.15, 0.2) is 36.9 Å². The lowest BCUT2D eigenvalue weighted by molar-refractivity contribution is -0.227. The molecule has 0 saturated heterocycles. The van der Waals surface area contributed by atoms with Crippen LogP contribution in [0.5, 0.6) is 5.75 Å². The van der Waals surface area contributed by atoms with Crippen LogP contribution < -0.4 is 10.1 Å². The van der Waals surface area contributed by atoms with Gasteiger partial charge in [0.15, 0.2) is 0 Å². The summed E-state index contributed by atoms with van der Waals surface area (Å²) in [5.41, 5.74) is 0.647. The lowest BCUT2D eigenvalue weighted by Gasteiger charge is -2.11. The largest absolute Gasteiger partial charge is 0.493 e. The van der Waals surface area contributed by atoms with Crippen LogP contribution >= 0.6 is 11.6 Å². The van der Waals surface area contributed by atoms with Gasteiger partial charge in [-0.15, -0.1) is 11.6 Å². The minimum Gasteiger partial charge on any atom is -0.493 e. The predicted molar refractivity (Wildman–Crippen MR) is 93.3 cm³/mol. The van der Waals surface area contributed by atoms with Crippen molar-refractivity contribution in [3.05, 3.63) is 36.9 Å². The first kappa shape index (κ1) is 19.7. The minimum atomic E-state index is -4.29. The Morgan fingerprint density at radius 3 is 2.89 bits per heavy atom. The number of nitrogens with one attached hydrogen (secondary N) is 1. The van der Waals surface area contributed by atoms with Gasteiger partial charge in [-0.2, -0.15) is 18.6 Å². The Hall–Kier alpha value is -3.08. The molecular formula is C16H13ClF3N5O3. The monoisotopic (exact) mass is 415 g/mol. The average Bonchev–Trinajstić information content (AvgIpc) is 3.17. The molecule has 0 aliphatic heterocycles. The highest BCUT2D eigenvalue weighted by Crippen LogP contribution is 2.28. The Morgan fingerprint density at radius 1 is 1.32 bits per heavy atom. The van der Waals surface area contributed by atoms with Crippen LogP contribution in [0.2, 0.25) is 0 Å². The molecule has 3 aromatic rings. The average molecular weight is 416 g/mol. The number of nitrogens with zero attached hydrogens (tertiary/aromatic N) is 4. The minimum absolute atomic E-state index is 0.0244. The van der Waals surface area contributed by atoms with Gasteiger partial charge in [0.05, 0.1) is 30.2 Å². The molecule has 0 saturated carbocycles. The van der Waals surface area contributed by atoms with Crippen LogP contribution in [-0.4, -0.2) is 38.2 Å². The van der Waals surface area contributed by atoms with Gasteiger partial charge in [0, 0.05) is 21.9 Å². The standard InChI is InChI=1S/C16H13ClF3N5O3/c17-4-1-5-27-11-2-3-12-13(6-11)21-9-22-14(12)24-10-7-23-25(8-10)16(18,19)15(26)28-20/h2-3,6-9H,1,4-5H2,(H,21,22,24). The van der Waals surface area contributed by atoms with Crippen LogP contribution in [0.1, 0.15) is 6.42 Å². The van der Waals surface area contributed by atoms with E-state index in [4.69, 9.17) is 16.3 Å². The van der Waals surface area contributed by atoms with E-state index in [9.17, 15) is 18.1 Å². The molecule has 8 nitrogen and oxygen atoms in total. The first-order valence-electron chi connectivity index (χ1n) is 7.92. The lowest BCUT2D eigenvalue weighted by atomic mass is 10.2. The maximum Gasteiger partial charge on any atom is 0.445 e. The van der Waals surface area contributed by atoms with Crippen molar-refractivity contribution in [3.63, 3.8) is 0 Å². The molecule has 1 N–H and O–H groups in total. The van der Waals surface area contributed by atoms with Crippen molar-refractivity contribution in [1.29, 1.82) is 0 Å². The number of rotatable bonds is 8. The molecule has 148 valence electrons. The van der Waals surface area contributed by atoms with Crippen molar-refractivity contribution in [1.82, 2.24) is 19.7 Å². The van der Waals surface area contributed by atoms with Gasteiger partial charge in [-0.3, -0.25) is 0 Å². The highest BCUT2D eigenvalue weighted by molar-refractivity contribution is 6.17. The molecule has 0 fully saturated rings. The van der Waals surface area contributed by atoms with E-state index in [0.717, 1.165) is 12.4 Å². The van der Waals surface area contributed by atoms with Gasteiger partial charge in [0.2, 0.25) is 0 Å². The molecule has 0 bridgehead atoms. The third-order valence-electron chi connectivity index (χ3n) is 3.60. The van der Waals surface area contributed by atoms with Crippen molar-refractivity contribution in [3.8, 4) is 5.75 Å². The number of carbonyl (C=O) groups is 1. The summed E-state index contributed by atoms with van der Waals surface area (Å²) in [4.78, 5) is 21.6. The van der Waals surface area contributed by atoms with E-state index < -0.39 is 12.0 Å². The summed E-state index contributed by atoms with van der Waals surface area (Å²) in [6.07, 6.45) is 3.82. The quantitative estimate of drug-likeness (QED) is 0.444. The summed E-state index contributed by atoms with van der Waals surface area (Å²) in [6, 6.07) is 0.816. The number of anilines is 2. The Morgan fingerprint density at radius 2 is 2.14 bits per heavy atom. The fourth-order valence-corrected chi connectivity index (χ4v) is 2.40. The van der Waals surface area contributed by atoms with Gasteiger partial charge < -0.3 is 10.1 Å². The third-order valence-corrected chi connectivity index (χ3v) is 3.87. The molecule has 1 aromatic carbocycles. The Labute approximate surface area is 161 Å². The van der Waals surface area contributed by atoms with Crippen molar-refractivity contribution in [2.24, 2.45) is 0 Å². The van der Waals surface area contributed by atoms with Gasteiger partial charge in [0.25, 0.3) is 0 Å². The Bertz CT molecular complexity index is 985. The first-order valence-corrected chi connectivity index (χ1v) is 8.45. The smallest absolute Gasteiger partial charge is 0.445 e. The fraction of sp³-hybridized carbons (Fsp3) is 0.250. The fourth-order valence-electron chi connectivity index (χ4n) is 2.29. The summed E-state index contributed by atoms with van der Waals surface area (Å²) in [7, 11) is 0. The molecule has 12 heteroatoms. The van der Waals surface area contributed by atoms with Gasteiger partial charge in [-0.25, -0.2) is 19.7 Å². The van der Waals surface area contributed by atoms with E-state index in [2.05, 4.69) is 25.3 Å². The molecule has 0 aliphatic carbocycles. The van der Waals surface area contributed by atoms with Crippen LogP contribution in [-0.2, 0) is 15.8 Å². The second kappa shape index (κ2) is 8.30. The van der Waals surface area contributed by atoms with Crippen LogP contribution in [0.3, 0.4) is 0 Å². The van der Waals surface area contributed by atoms with E-state index in [1.54, 1.807) is 18.2 Å². The van der Waals surface area contributed by atoms with E-state index in [1.807, 2.05) is 0 Å². The van der Waals surface area contributed by atoms with Crippen LogP contribution in [0, 0.1) is 0 Å². The molecule has 0 aliphatic rings. The van der Waals surface area contributed by atoms with Gasteiger partial charge >= 0.3 is 12.0 Å². The van der Waals surface area contributed by atoms with Crippen molar-refractivity contribution in [2.45, 2.75) is 12.5 Å². The zero-order chi connectivity index (χ0) is 20.1. The zero-order valence-electron chi connectivity index (χ0n) is 14.1. The number of aromatic nitrogens is 4. The second-order valence-corrected chi connectivity index (χ2v) is 5.87. The number of hydrogen-bond acceptors (Lipinski definition) is 7. The van der Waals surface area contributed by atoms with Gasteiger partial charge in [-0.05, 0) is 18.6 Å². The zero-order valence-corrected chi connectivity index (χ0v) is 14.9. The maximum absolute atomic E-state index is 13.6. The van der Waals surface area contributed by atoms with Crippen molar-refractivity contribution in [2.75, 3.05) is 17.8 Å². The molecule has 28 heavy (non-hydrogen) atoms. The molecule has 2 heterocycles. The lowest BCUT2D eigenvalue weighted by Crippen LogP contribution is -2.33. The second-order valence-electron chi connectivity index (χ2n) is 5.50. The van der Waals surface area contributed by atoms with Gasteiger partial charge in [0.1, 0.15) is 17.9 Å². The highest BCUT2D eigenvalue weighted by atomic mass is 35.5. The predicted octanol–water partition coefficient (Wildman–Crippen LogP) is 3.55. The number of fused-ring (bicyclic) bond motifs is 1. The van der Waals surface area contributed by atoms with E-state index in [-0.39, 0.29) is 10.4 Å². The molecule has 3 rings (SSSR count). The van der Waals surface area contributed by atoms with E-state index >= 15 is 0 Å². The summed E-state index contributed by atoms with van der Waals surface area (Å²) < 4.78 is 44.6. The maximum atomic E-state index is 13.6. The number of benzene rings is 1. The molecule has 0 spiro atoms. The van der Waals surface area contributed by atoms with Crippen LogP contribution in [0.4, 0.5) is 24.8 Å². The third kappa shape index (κ3) is 4.09. The van der Waals surface area contributed by atoms with E-state index in [0.29, 0.717) is 41.4 Å². The van der Waals surface area contributed by atoms with Gasteiger partial charge in [-0.1, -0.05) is 0 Å². The normalized spacial score (nSPS) is 11.4. The summed E-state index contributed by atoms with van der Waals surface area (Å²) >= 11 is 5.61. The summed E-state index contributed by atoms with van der Waals surface area (Å²) in [5, 5.41) is 6.74.